The molecule has 1 heterocycles. The molecule has 0 aliphatic rings. The number of thiophene rings is 1. The molecule has 0 spiro atoms. The first-order valence-electron chi connectivity index (χ1n) is 8.11. The quantitative estimate of drug-likeness (QED) is 0.680. The van der Waals surface area contributed by atoms with Crippen LogP contribution in [0.1, 0.15) is 61.4 Å². The lowest BCUT2D eigenvalue weighted by Crippen LogP contribution is -2.23. The van der Waals surface area contributed by atoms with Crippen LogP contribution < -0.4 is 5.32 Å². The third-order valence-electron chi connectivity index (χ3n) is 3.94. The lowest BCUT2D eigenvalue weighted by molar-refractivity contribution is 0.597. The molecule has 2 heteroatoms. The Hall–Kier alpha value is -1.12. The molecule has 1 N–H and O–H groups in total. The third-order valence-corrected chi connectivity index (χ3v) is 4.82. The van der Waals surface area contributed by atoms with E-state index >= 15 is 0 Å². The van der Waals surface area contributed by atoms with Gasteiger partial charge in [0.05, 0.1) is 6.04 Å². The van der Waals surface area contributed by atoms with E-state index in [1.807, 2.05) is 0 Å². The molecule has 0 aliphatic heterocycles. The van der Waals surface area contributed by atoms with Gasteiger partial charge in [-0.2, -0.15) is 11.3 Å². The first kappa shape index (κ1) is 16.3. The zero-order chi connectivity index (χ0) is 15.1. The molecule has 2 aromatic rings. The monoisotopic (exact) mass is 301 g/mol. The lowest BCUT2D eigenvalue weighted by atomic mass is 9.96. The lowest BCUT2D eigenvalue weighted by Gasteiger charge is -2.20. The van der Waals surface area contributed by atoms with Gasteiger partial charge >= 0.3 is 0 Å². The maximum absolute atomic E-state index is 3.70. The van der Waals surface area contributed by atoms with E-state index in [1.54, 1.807) is 11.3 Å². The van der Waals surface area contributed by atoms with Crippen molar-refractivity contribution in [2.45, 2.75) is 52.5 Å². The molecule has 0 radical (unpaired) electrons. The third kappa shape index (κ3) is 4.42. The van der Waals surface area contributed by atoms with Gasteiger partial charge in [0.2, 0.25) is 0 Å². The summed E-state index contributed by atoms with van der Waals surface area (Å²) in [6.07, 6.45) is 4.90. The molecule has 21 heavy (non-hydrogen) atoms. The van der Waals surface area contributed by atoms with E-state index in [-0.39, 0.29) is 0 Å². The second-order valence-electron chi connectivity index (χ2n) is 5.74. The topological polar surface area (TPSA) is 12.0 Å². The summed E-state index contributed by atoms with van der Waals surface area (Å²) in [5.74, 6) is 0. The van der Waals surface area contributed by atoms with Gasteiger partial charge in [0.15, 0.2) is 0 Å². The van der Waals surface area contributed by atoms with Crippen LogP contribution in [0.4, 0.5) is 0 Å². The van der Waals surface area contributed by atoms with Crippen molar-refractivity contribution in [2.75, 3.05) is 6.54 Å². The maximum atomic E-state index is 3.70. The van der Waals surface area contributed by atoms with Gasteiger partial charge in [-0.3, -0.25) is 0 Å². The van der Waals surface area contributed by atoms with Crippen LogP contribution in [0.25, 0.3) is 0 Å². The van der Waals surface area contributed by atoms with Gasteiger partial charge in [-0.25, -0.2) is 0 Å². The summed E-state index contributed by atoms with van der Waals surface area (Å²) in [7, 11) is 0. The fraction of sp³-hybridized carbons (Fsp3) is 0.474. The molecule has 0 fully saturated rings. The van der Waals surface area contributed by atoms with Crippen molar-refractivity contribution in [1.29, 1.82) is 0 Å². The predicted octanol–water partition coefficient (Wildman–Crippen LogP) is 5.49. The molecule has 0 bridgehead atoms. The Balaban J connectivity index is 2.18. The predicted molar refractivity (Wildman–Crippen MR) is 94.2 cm³/mol. The average molecular weight is 301 g/mol. The number of nitrogens with one attached hydrogen (secondary N) is 1. The number of hydrogen-bond acceptors (Lipinski definition) is 2. The minimum atomic E-state index is 0.330. The van der Waals surface area contributed by atoms with Gasteiger partial charge < -0.3 is 5.32 Å². The molecule has 0 amide bonds. The fourth-order valence-electron chi connectivity index (χ4n) is 2.62. The minimum Gasteiger partial charge on any atom is -0.306 e. The Morgan fingerprint density at radius 2 is 1.81 bits per heavy atom. The summed E-state index contributed by atoms with van der Waals surface area (Å²) in [6, 6.07) is 9.53. The molecule has 0 aliphatic carbocycles. The number of aryl methyl sites for hydroxylation is 2. The Morgan fingerprint density at radius 1 is 1.05 bits per heavy atom. The molecular weight excluding hydrogens is 274 g/mol. The maximum Gasteiger partial charge on any atom is 0.0587 e. The molecule has 1 aromatic heterocycles. The zero-order valence-corrected chi connectivity index (χ0v) is 14.3. The number of benzene rings is 1. The summed E-state index contributed by atoms with van der Waals surface area (Å²) < 4.78 is 0. The molecule has 0 saturated heterocycles. The molecule has 0 saturated carbocycles. The zero-order valence-electron chi connectivity index (χ0n) is 13.5. The van der Waals surface area contributed by atoms with Crippen molar-refractivity contribution in [3.63, 3.8) is 0 Å². The Labute approximate surface area is 133 Å². The largest absolute Gasteiger partial charge is 0.306 e. The Kier molecular flexibility index (Phi) is 6.47. The van der Waals surface area contributed by atoms with Gasteiger partial charge in [-0.1, -0.05) is 44.5 Å². The van der Waals surface area contributed by atoms with Crippen molar-refractivity contribution in [3.8, 4) is 0 Å². The first-order valence-corrected chi connectivity index (χ1v) is 9.05. The van der Waals surface area contributed by atoms with Gasteiger partial charge in [0.25, 0.3) is 0 Å². The van der Waals surface area contributed by atoms with Crippen LogP contribution in [0.5, 0.6) is 0 Å². The summed E-state index contributed by atoms with van der Waals surface area (Å²) in [5, 5.41) is 8.23. The van der Waals surface area contributed by atoms with E-state index < -0.39 is 0 Å². The van der Waals surface area contributed by atoms with Crippen molar-refractivity contribution >= 4 is 11.3 Å². The second kappa shape index (κ2) is 8.35. The number of hydrogen-bond donors (Lipinski definition) is 1. The number of rotatable bonds is 8. The van der Waals surface area contributed by atoms with Crippen molar-refractivity contribution < 1.29 is 0 Å². The first-order chi connectivity index (χ1) is 10.3. The van der Waals surface area contributed by atoms with Crippen molar-refractivity contribution in [3.05, 3.63) is 57.3 Å². The van der Waals surface area contributed by atoms with Crippen LogP contribution in [0.15, 0.2) is 35.0 Å². The van der Waals surface area contributed by atoms with Gasteiger partial charge in [-0.05, 0) is 65.7 Å². The van der Waals surface area contributed by atoms with Crippen LogP contribution in [0.2, 0.25) is 0 Å². The van der Waals surface area contributed by atoms with E-state index in [2.05, 4.69) is 61.1 Å². The normalized spacial score (nSPS) is 12.5. The van der Waals surface area contributed by atoms with E-state index in [1.165, 1.54) is 41.5 Å². The van der Waals surface area contributed by atoms with Crippen LogP contribution in [-0.2, 0) is 6.42 Å². The molecular formula is C19H27NS. The van der Waals surface area contributed by atoms with E-state index in [4.69, 9.17) is 0 Å². The highest BCUT2D eigenvalue weighted by molar-refractivity contribution is 7.08. The van der Waals surface area contributed by atoms with Crippen LogP contribution >= 0.6 is 11.3 Å². The highest BCUT2D eigenvalue weighted by Gasteiger charge is 2.16. The molecule has 114 valence electrons. The van der Waals surface area contributed by atoms with Gasteiger partial charge in [0, 0.05) is 0 Å². The second-order valence-corrected chi connectivity index (χ2v) is 6.49. The highest BCUT2D eigenvalue weighted by atomic mass is 32.1. The van der Waals surface area contributed by atoms with E-state index in [9.17, 15) is 0 Å². The Bertz CT molecular complexity index is 527. The van der Waals surface area contributed by atoms with Crippen LogP contribution in [0, 0.1) is 6.92 Å². The van der Waals surface area contributed by atoms with Gasteiger partial charge in [0.1, 0.15) is 0 Å². The smallest absolute Gasteiger partial charge is 0.0587 e. The van der Waals surface area contributed by atoms with E-state index in [0.29, 0.717) is 6.04 Å². The summed E-state index contributed by atoms with van der Waals surface area (Å²) in [6.45, 7) is 7.73. The van der Waals surface area contributed by atoms with Crippen molar-refractivity contribution in [1.82, 2.24) is 5.32 Å². The fourth-order valence-corrected chi connectivity index (χ4v) is 3.50. The molecule has 1 atom stereocenters. The minimum absolute atomic E-state index is 0.330. The standard InChI is InChI=1S/C19H27NS/c1-4-6-7-16-8-10-17(11-9-16)19(20-12-5-2)18-14-21-13-15(18)3/h8-11,13-14,19-20H,4-7,12H2,1-3H3. The Morgan fingerprint density at radius 3 is 2.38 bits per heavy atom. The highest BCUT2D eigenvalue weighted by Crippen LogP contribution is 2.28. The number of unbranched alkanes of at least 4 members (excludes halogenated alkanes) is 1. The average Bonchev–Trinajstić information content (AvgIpc) is 2.93. The van der Waals surface area contributed by atoms with Crippen LogP contribution in [0.3, 0.4) is 0 Å². The molecule has 2 rings (SSSR count). The van der Waals surface area contributed by atoms with E-state index in [0.717, 1.165) is 13.0 Å². The summed E-state index contributed by atoms with van der Waals surface area (Å²) in [4.78, 5) is 0. The van der Waals surface area contributed by atoms with Gasteiger partial charge in [-0.15, -0.1) is 0 Å². The molecule has 1 aromatic carbocycles. The van der Waals surface area contributed by atoms with Crippen LogP contribution in [-0.4, -0.2) is 6.54 Å². The summed E-state index contributed by atoms with van der Waals surface area (Å²) in [5.41, 5.74) is 5.65. The summed E-state index contributed by atoms with van der Waals surface area (Å²) >= 11 is 1.80. The SMILES string of the molecule is CCCCc1ccc(C(NCCC)c2cscc2C)cc1. The molecule has 1 nitrogen and oxygen atoms in total. The van der Waals surface area contributed by atoms with Crippen molar-refractivity contribution in [2.24, 2.45) is 0 Å². The molecule has 1 unspecified atom stereocenters.